The molecule has 0 aliphatic heterocycles. The van der Waals surface area contributed by atoms with E-state index in [-0.39, 0.29) is 0 Å². The van der Waals surface area contributed by atoms with Gasteiger partial charge in [0.25, 0.3) is 0 Å². The van der Waals surface area contributed by atoms with Crippen molar-refractivity contribution in [2.75, 3.05) is 5.32 Å². The Morgan fingerprint density at radius 1 is 1.06 bits per heavy atom. The highest BCUT2D eigenvalue weighted by Gasteiger charge is 2.03. The molecule has 3 aromatic rings. The molecule has 0 spiro atoms. The van der Waals surface area contributed by atoms with Crippen molar-refractivity contribution in [3.63, 3.8) is 0 Å². The Morgan fingerprint density at radius 2 is 1.83 bits per heavy atom. The van der Waals surface area contributed by atoms with Gasteiger partial charge in [0.1, 0.15) is 5.01 Å². The van der Waals surface area contributed by atoms with E-state index in [0.717, 1.165) is 22.8 Å². The van der Waals surface area contributed by atoms with Crippen LogP contribution in [0.5, 0.6) is 0 Å². The minimum absolute atomic E-state index is 0.777. The van der Waals surface area contributed by atoms with Gasteiger partial charge in [0.2, 0.25) is 0 Å². The van der Waals surface area contributed by atoms with Gasteiger partial charge in [-0.15, -0.1) is 11.3 Å². The largest absolute Gasteiger partial charge is 0.378 e. The van der Waals surface area contributed by atoms with Crippen LogP contribution in [-0.4, -0.2) is 4.98 Å². The van der Waals surface area contributed by atoms with Gasteiger partial charge in [-0.25, -0.2) is 4.98 Å². The number of nitrogens with zero attached hydrogens (tertiary/aromatic N) is 1. The number of hydrogen-bond acceptors (Lipinski definition) is 3. The number of thiazole rings is 1. The maximum atomic E-state index is 4.61. The molecule has 0 saturated carbocycles. The van der Waals surface area contributed by atoms with Gasteiger partial charge < -0.3 is 5.32 Å². The van der Waals surface area contributed by atoms with Crippen LogP contribution in [0.4, 0.5) is 5.69 Å². The second kappa shape index (κ2) is 5.24. The summed E-state index contributed by atoms with van der Waals surface area (Å²) in [4.78, 5) is 4.61. The lowest BCUT2D eigenvalue weighted by molar-refractivity contribution is 1.11. The first-order valence-corrected chi connectivity index (χ1v) is 7.55. The van der Waals surface area contributed by atoms with E-state index in [1.54, 1.807) is 11.3 Å². The fraction of sp³-hybridized carbons (Fsp3) is 0.0714. The van der Waals surface area contributed by atoms with E-state index in [2.05, 4.69) is 63.2 Å². The Morgan fingerprint density at radius 3 is 2.67 bits per heavy atom. The molecule has 1 heterocycles. The number of anilines is 1. The predicted octanol–water partition coefficient (Wildman–Crippen LogP) is 4.51. The van der Waals surface area contributed by atoms with Gasteiger partial charge >= 0.3 is 0 Å². The van der Waals surface area contributed by atoms with Crippen molar-refractivity contribution in [2.24, 2.45) is 0 Å². The van der Waals surface area contributed by atoms with Crippen LogP contribution in [0, 0.1) is 3.57 Å². The Labute approximate surface area is 123 Å². The minimum atomic E-state index is 0.777. The SMILES string of the molecule is Ic1ccccc1NCc1nc2ccccc2s1. The zero-order valence-electron chi connectivity index (χ0n) is 9.56. The molecule has 1 aromatic heterocycles. The molecule has 2 aromatic carbocycles. The fourth-order valence-electron chi connectivity index (χ4n) is 1.77. The number of halogens is 1. The van der Waals surface area contributed by atoms with Gasteiger partial charge in [0.05, 0.1) is 16.8 Å². The first-order chi connectivity index (χ1) is 8.83. The Kier molecular flexibility index (Phi) is 3.47. The molecule has 0 aliphatic carbocycles. The molecule has 1 N–H and O–H groups in total. The third-order valence-electron chi connectivity index (χ3n) is 2.64. The lowest BCUT2D eigenvalue weighted by Crippen LogP contribution is -2.00. The molecule has 0 fully saturated rings. The third-order valence-corrected chi connectivity index (χ3v) is 4.62. The molecule has 0 bridgehead atoms. The van der Waals surface area contributed by atoms with Crippen molar-refractivity contribution < 1.29 is 0 Å². The second-order valence-corrected chi connectivity index (χ2v) is 6.19. The highest BCUT2D eigenvalue weighted by atomic mass is 127. The van der Waals surface area contributed by atoms with Crippen LogP contribution in [0.1, 0.15) is 5.01 Å². The van der Waals surface area contributed by atoms with Crippen molar-refractivity contribution in [3.05, 3.63) is 57.1 Å². The van der Waals surface area contributed by atoms with Crippen molar-refractivity contribution in [1.82, 2.24) is 4.98 Å². The lowest BCUT2D eigenvalue weighted by Gasteiger charge is -2.05. The molecule has 0 atom stereocenters. The fourth-order valence-corrected chi connectivity index (χ4v) is 3.26. The summed E-state index contributed by atoms with van der Waals surface area (Å²) in [7, 11) is 0. The summed E-state index contributed by atoms with van der Waals surface area (Å²) < 4.78 is 2.48. The molecule has 0 unspecified atom stereocenters. The molecular weight excluding hydrogens is 355 g/mol. The van der Waals surface area contributed by atoms with Crippen molar-refractivity contribution in [1.29, 1.82) is 0 Å². The molecule has 0 radical (unpaired) electrons. The van der Waals surface area contributed by atoms with Gasteiger partial charge in [-0.05, 0) is 46.9 Å². The lowest BCUT2D eigenvalue weighted by atomic mass is 10.3. The van der Waals surface area contributed by atoms with Crippen LogP contribution in [-0.2, 0) is 6.54 Å². The first-order valence-electron chi connectivity index (χ1n) is 5.66. The molecule has 3 rings (SSSR count). The number of para-hydroxylation sites is 2. The molecule has 0 aliphatic rings. The predicted molar refractivity (Wildman–Crippen MR) is 86.1 cm³/mol. The minimum Gasteiger partial charge on any atom is -0.378 e. The van der Waals surface area contributed by atoms with E-state index >= 15 is 0 Å². The van der Waals surface area contributed by atoms with Crippen LogP contribution in [0.2, 0.25) is 0 Å². The van der Waals surface area contributed by atoms with Crippen molar-refractivity contribution in [3.8, 4) is 0 Å². The highest BCUT2D eigenvalue weighted by molar-refractivity contribution is 14.1. The smallest absolute Gasteiger partial charge is 0.113 e. The quantitative estimate of drug-likeness (QED) is 0.690. The number of aromatic nitrogens is 1. The average molecular weight is 366 g/mol. The topological polar surface area (TPSA) is 24.9 Å². The number of benzene rings is 2. The Hall–Kier alpha value is -1.14. The summed E-state index contributed by atoms with van der Waals surface area (Å²) in [5.41, 5.74) is 2.25. The Balaban J connectivity index is 1.79. The maximum absolute atomic E-state index is 4.61. The van der Waals surface area contributed by atoms with Crippen LogP contribution in [0.15, 0.2) is 48.5 Å². The van der Waals surface area contributed by atoms with E-state index in [9.17, 15) is 0 Å². The summed E-state index contributed by atoms with van der Waals surface area (Å²) in [5, 5.41) is 4.55. The molecule has 18 heavy (non-hydrogen) atoms. The van der Waals surface area contributed by atoms with Gasteiger partial charge in [-0.2, -0.15) is 0 Å². The summed E-state index contributed by atoms with van der Waals surface area (Å²) in [6.07, 6.45) is 0. The van der Waals surface area contributed by atoms with E-state index in [0.29, 0.717) is 0 Å². The highest BCUT2D eigenvalue weighted by Crippen LogP contribution is 2.23. The number of hydrogen-bond donors (Lipinski definition) is 1. The summed E-state index contributed by atoms with van der Waals surface area (Å²) in [6.45, 7) is 0.777. The van der Waals surface area contributed by atoms with E-state index in [1.165, 1.54) is 8.27 Å². The van der Waals surface area contributed by atoms with Gasteiger partial charge in [0.15, 0.2) is 0 Å². The number of fused-ring (bicyclic) bond motifs is 1. The van der Waals surface area contributed by atoms with Crippen LogP contribution >= 0.6 is 33.9 Å². The molecule has 0 saturated heterocycles. The van der Waals surface area contributed by atoms with Gasteiger partial charge in [-0.1, -0.05) is 24.3 Å². The maximum Gasteiger partial charge on any atom is 0.113 e. The van der Waals surface area contributed by atoms with E-state index in [1.807, 2.05) is 18.2 Å². The van der Waals surface area contributed by atoms with Crippen LogP contribution < -0.4 is 5.32 Å². The Bertz CT molecular complexity index is 645. The molecular formula is C14H11IN2S. The molecule has 4 heteroatoms. The summed E-state index contributed by atoms with van der Waals surface area (Å²) in [5.74, 6) is 0. The van der Waals surface area contributed by atoms with Gasteiger partial charge in [-0.3, -0.25) is 0 Å². The van der Waals surface area contributed by atoms with Crippen LogP contribution in [0.25, 0.3) is 10.2 Å². The van der Waals surface area contributed by atoms with Gasteiger partial charge in [0, 0.05) is 9.26 Å². The zero-order chi connectivity index (χ0) is 12.4. The molecule has 90 valence electrons. The van der Waals surface area contributed by atoms with Crippen LogP contribution in [0.3, 0.4) is 0 Å². The van der Waals surface area contributed by atoms with E-state index < -0.39 is 0 Å². The third kappa shape index (κ3) is 2.49. The zero-order valence-corrected chi connectivity index (χ0v) is 12.5. The molecule has 2 nitrogen and oxygen atoms in total. The summed E-state index contributed by atoms with van der Waals surface area (Å²) in [6, 6.07) is 16.5. The van der Waals surface area contributed by atoms with Crippen molar-refractivity contribution >= 4 is 49.8 Å². The number of rotatable bonds is 3. The summed E-state index contributed by atoms with van der Waals surface area (Å²) >= 11 is 4.08. The number of nitrogens with one attached hydrogen (secondary N) is 1. The standard InChI is InChI=1S/C14H11IN2S/c15-10-5-1-2-6-11(10)16-9-14-17-12-7-3-4-8-13(12)18-14/h1-8,16H,9H2. The average Bonchev–Trinajstić information content (AvgIpc) is 2.80. The van der Waals surface area contributed by atoms with E-state index in [4.69, 9.17) is 0 Å². The monoisotopic (exact) mass is 366 g/mol. The van der Waals surface area contributed by atoms with Crippen molar-refractivity contribution in [2.45, 2.75) is 6.54 Å². The molecule has 0 amide bonds. The second-order valence-electron chi connectivity index (χ2n) is 3.91. The normalized spacial score (nSPS) is 10.7. The first kappa shape index (κ1) is 11.9.